The van der Waals surface area contributed by atoms with E-state index >= 15 is 0 Å². The molecule has 3 heteroatoms. The third-order valence-electron chi connectivity index (χ3n) is 2.42. The normalized spacial score (nSPS) is 14.1. The van der Waals surface area contributed by atoms with Crippen LogP contribution in [0.3, 0.4) is 0 Å². The van der Waals surface area contributed by atoms with Crippen molar-refractivity contribution in [2.45, 2.75) is 0 Å². The van der Waals surface area contributed by atoms with E-state index in [0.717, 1.165) is 10.0 Å². The quantitative estimate of drug-likeness (QED) is 0.592. The zero-order valence-corrected chi connectivity index (χ0v) is 9.81. The van der Waals surface area contributed by atoms with Crippen molar-refractivity contribution in [2.75, 3.05) is 5.32 Å². The van der Waals surface area contributed by atoms with Crippen LogP contribution < -0.4 is 14.0 Å². The summed E-state index contributed by atoms with van der Waals surface area (Å²) in [5.41, 5.74) is 2.23. The second-order valence-corrected chi connectivity index (χ2v) is 5.85. The van der Waals surface area contributed by atoms with Crippen LogP contribution in [0.25, 0.3) is 0 Å². The molecular weight excluding hydrogens is 249 g/mol. The first-order valence-electron chi connectivity index (χ1n) is 4.74. The van der Waals surface area contributed by atoms with Crippen molar-refractivity contribution in [2.24, 2.45) is 0 Å². The summed E-state index contributed by atoms with van der Waals surface area (Å²) < 4.78 is 2.40. The number of benzene rings is 2. The Morgan fingerprint density at radius 2 is 1.73 bits per heavy atom. The van der Waals surface area contributed by atoms with Crippen molar-refractivity contribution in [3.8, 4) is 5.75 Å². The molecule has 0 fully saturated rings. The van der Waals surface area contributed by atoms with Crippen molar-refractivity contribution >= 4 is 35.8 Å². The average Bonchev–Trinajstić information content (AvgIpc) is 2.27. The van der Waals surface area contributed by atoms with Gasteiger partial charge in [0.2, 0.25) is 0 Å². The maximum atomic E-state index is 9.77. The molecule has 0 aromatic heterocycles. The molecule has 15 heavy (non-hydrogen) atoms. The molecule has 2 aromatic rings. The predicted octanol–water partition coefficient (Wildman–Crippen LogP) is 1.10. The number of hydrogen-bond donors (Lipinski definition) is 2. The standard InChI is InChI=1S/C12H9AsNO/c15-11-7-3-6-10-12(11)13-8-4-1-2-5-9(8)14-10/h1-7,14-15H. The van der Waals surface area contributed by atoms with Gasteiger partial charge in [-0.1, -0.05) is 0 Å². The fraction of sp³-hybridized carbons (Fsp3) is 0. The van der Waals surface area contributed by atoms with Gasteiger partial charge in [-0.25, -0.2) is 0 Å². The number of aromatic hydroxyl groups is 1. The Labute approximate surface area is 94.6 Å². The summed E-state index contributed by atoms with van der Waals surface area (Å²) in [7, 11) is 0. The van der Waals surface area contributed by atoms with Crippen LogP contribution in [-0.4, -0.2) is 20.9 Å². The molecule has 1 aliphatic rings. The molecule has 1 heterocycles. The Morgan fingerprint density at radius 1 is 0.933 bits per heavy atom. The number of nitrogens with one attached hydrogen (secondary N) is 1. The number of fused-ring (bicyclic) bond motifs is 2. The van der Waals surface area contributed by atoms with Crippen LogP contribution in [0.5, 0.6) is 5.75 Å². The monoisotopic (exact) mass is 258 g/mol. The van der Waals surface area contributed by atoms with Gasteiger partial charge in [0.25, 0.3) is 0 Å². The van der Waals surface area contributed by atoms with E-state index in [1.165, 1.54) is 10.0 Å². The summed E-state index contributed by atoms with van der Waals surface area (Å²) in [5.74, 6) is 0.412. The van der Waals surface area contributed by atoms with Crippen molar-refractivity contribution < 1.29 is 5.11 Å². The Kier molecular flexibility index (Phi) is 1.96. The van der Waals surface area contributed by atoms with E-state index in [4.69, 9.17) is 0 Å². The van der Waals surface area contributed by atoms with Gasteiger partial charge in [-0.05, 0) is 0 Å². The van der Waals surface area contributed by atoms with E-state index < -0.39 is 0 Å². The number of para-hydroxylation sites is 1. The predicted molar refractivity (Wildman–Crippen MR) is 62.9 cm³/mol. The van der Waals surface area contributed by atoms with Gasteiger partial charge in [0.05, 0.1) is 0 Å². The van der Waals surface area contributed by atoms with E-state index in [0.29, 0.717) is 5.75 Å². The molecule has 0 amide bonds. The van der Waals surface area contributed by atoms with Gasteiger partial charge in [0.1, 0.15) is 0 Å². The fourth-order valence-electron chi connectivity index (χ4n) is 1.69. The van der Waals surface area contributed by atoms with Gasteiger partial charge in [0.15, 0.2) is 0 Å². The van der Waals surface area contributed by atoms with E-state index in [-0.39, 0.29) is 15.8 Å². The molecule has 0 aliphatic carbocycles. The molecule has 0 spiro atoms. The molecule has 3 rings (SSSR count). The van der Waals surface area contributed by atoms with Gasteiger partial charge in [-0.15, -0.1) is 0 Å². The van der Waals surface area contributed by atoms with Crippen LogP contribution in [0.1, 0.15) is 0 Å². The molecule has 0 unspecified atom stereocenters. The minimum absolute atomic E-state index is 0.103. The Hall–Kier alpha value is -1.40. The zero-order valence-electron chi connectivity index (χ0n) is 7.94. The average molecular weight is 258 g/mol. The minimum atomic E-state index is -0.103. The number of phenolic OH excluding ortho intramolecular Hbond substituents is 1. The molecule has 0 saturated heterocycles. The molecule has 2 nitrogen and oxygen atoms in total. The van der Waals surface area contributed by atoms with Crippen LogP contribution >= 0.6 is 0 Å². The van der Waals surface area contributed by atoms with Crippen LogP contribution in [0.15, 0.2) is 42.5 Å². The number of phenols is 1. The van der Waals surface area contributed by atoms with Crippen LogP contribution in [0, 0.1) is 0 Å². The van der Waals surface area contributed by atoms with Gasteiger partial charge in [-0.3, -0.25) is 0 Å². The molecule has 2 N–H and O–H groups in total. The second-order valence-electron chi connectivity index (χ2n) is 3.43. The first kappa shape index (κ1) is 8.87. The Bertz CT molecular complexity index is 525. The Morgan fingerprint density at radius 3 is 2.67 bits per heavy atom. The SMILES string of the molecule is Oc1cccc2c1[As]c1ccccc1N2. The van der Waals surface area contributed by atoms with Gasteiger partial charge >= 0.3 is 94.5 Å². The summed E-state index contributed by atoms with van der Waals surface area (Å²) in [6.45, 7) is 0. The number of hydrogen-bond acceptors (Lipinski definition) is 2. The molecule has 0 atom stereocenters. The van der Waals surface area contributed by atoms with Gasteiger partial charge in [0, 0.05) is 0 Å². The van der Waals surface area contributed by atoms with Crippen molar-refractivity contribution in [3.63, 3.8) is 0 Å². The van der Waals surface area contributed by atoms with Crippen LogP contribution in [0.2, 0.25) is 0 Å². The van der Waals surface area contributed by atoms with E-state index in [2.05, 4.69) is 17.4 Å². The topological polar surface area (TPSA) is 32.3 Å². The molecule has 2 aromatic carbocycles. The second kappa shape index (κ2) is 3.32. The van der Waals surface area contributed by atoms with Gasteiger partial charge < -0.3 is 0 Å². The third-order valence-corrected chi connectivity index (χ3v) is 5.20. The zero-order chi connectivity index (χ0) is 10.3. The summed E-state index contributed by atoms with van der Waals surface area (Å²) in [4.78, 5) is 0. The van der Waals surface area contributed by atoms with E-state index in [1.54, 1.807) is 6.07 Å². The molecule has 73 valence electrons. The molecule has 1 radical (unpaired) electrons. The van der Waals surface area contributed by atoms with Gasteiger partial charge in [-0.2, -0.15) is 0 Å². The number of anilines is 2. The summed E-state index contributed by atoms with van der Waals surface area (Å²) >= 11 is -0.103. The Balaban J connectivity index is 2.15. The molecule has 0 bridgehead atoms. The van der Waals surface area contributed by atoms with Crippen LogP contribution in [-0.2, 0) is 0 Å². The first-order valence-corrected chi connectivity index (χ1v) is 6.62. The van der Waals surface area contributed by atoms with E-state index in [1.807, 2.05) is 24.3 Å². The first-order chi connectivity index (χ1) is 7.34. The van der Waals surface area contributed by atoms with E-state index in [9.17, 15) is 5.11 Å². The fourth-order valence-corrected chi connectivity index (χ4v) is 3.98. The molecule has 0 saturated carbocycles. The summed E-state index contributed by atoms with van der Waals surface area (Å²) in [6, 6.07) is 13.9. The summed E-state index contributed by atoms with van der Waals surface area (Å²) in [6.07, 6.45) is 0. The third kappa shape index (κ3) is 1.42. The molecular formula is C12H9AsNO. The van der Waals surface area contributed by atoms with Crippen molar-refractivity contribution in [1.29, 1.82) is 0 Å². The van der Waals surface area contributed by atoms with Crippen LogP contribution in [0.4, 0.5) is 11.4 Å². The molecule has 1 aliphatic heterocycles. The summed E-state index contributed by atoms with van der Waals surface area (Å²) in [5, 5.41) is 13.1. The van der Waals surface area contributed by atoms with Crippen molar-refractivity contribution in [1.82, 2.24) is 0 Å². The maximum absolute atomic E-state index is 9.77. The number of rotatable bonds is 0. The van der Waals surface area contributed by atoms with Crippen molar-refractivity contribution in [3.05, 3.63) is 42.5 Å².